The lowest BCUT2D eigenvalue weighted by molar-refractivity contribution is 0.109. The van der Waals surface area contributed by atoms with E-state index in [-0.39, 0.29) is 0 Å². The summed E-state index contributed by atoms with van der Waals surface area (Å²) in [5.41, 5.74) is 0. The molecule has 1 N–H and O–H groups in total. The molecule has 1 rings (SSSR count). The van der Waals surface area contributed by atoms with E-state index >= 15 is 0 Å². The number of rotatable bonds is 10. The first-order valence-electron chi connectivity index (χ1n) is 8.95. The van der Waals surface area contributed by atoms with Crippen LogP contribution in [0.3, 0.4) is 0 Å². The highest BCUT2D eigenvalue weighted by Crippen LogP contribution is 2.12. The molecule has 4 nitrogen and oxygen atoms in total. The van der Waals surface area contributed by atoms with E-state index in [0.717, 1.165) is 38.8 Å². The van der Waals surface area contributed by atoms with Crippen LogP contribution >= 0.6 is 0 Å². The van der Waals surface area contributed by atoms with Crippen molar-refractivity contribution in [1.29, 1.82) is 0 Å². The standard InChI is InChI=1S/C15H33N3O.C2H6/c1-4-18(12-13-19-5-2)11-10-17(3)14-15-6-8-16-9-7-15;1-2/h15-16H,4-14H2,1-3H3;1-2H3. The Labute approximate surface area is 133 Å². The maximum absolute atomic E-state index is 5.43. The van der Waals surface area contributed by atoms with Crippen LogP contribution in [0.1, 0.15) is 40.5 Å². The zero-order valence-electron chi connectivity index (χ0n) is 15.2. The molecule has 0 aliphatic carbocycles. The highest BCUT2D eigenvalue weighted by atomic mass is 16.5. The molecular weight excluding hydrogens is 262 g/mol. The topological polar surface area (TPSA) is 27.7 Å². The molecular formula is C17H39N3O. The minimum Gasteiger partial charge on any atom is -0.380 e. The van der Waals surface area contributed by atoms with Gasteiger partial charge in [0.05, 0.1) is 6.61 Å². The molecule has 1 saturated heterocycles. The van der Waals surface area contributed by atoms with Crippen LogP contribution in [0.25, 0.3) is 0 Å². The number of nitrogens with one attached hydrogen (secondary N) is 1. The molecule has 0 aromatic heterocycles. The van der Waals surface area contributed by atoms with Crippen molar-refractivity contribution in [3.63, 3.8) is 0 Å². The van der Waals surface area contributed by atoms with E-state index in [9.17, 15) is 0 Å². The highest BCUT2D eigenvalue weighted by molar-refractivity contribution is 4.71. The maximum atomic E-state index is 5.43. The Morgan fingerprint density at radius 3 is 2.29 bits per heavy atom. The zero-order valence-corrected chi connectivity index (χ0v) is 15.2. The number of piperidine rings is 1. The lowest BCUT2D eigenvalue weighted by Gasteiger charge is -2.29. The Kier molecular flexibility index (Phi) is 14.7. The van der Waals surface area contributed by atoms with Gasteiger partial charge >= 0.3 is 0 Å². The van der Waals surface area contributed by atoms with Gasteiger partial charge in [-0.3, -0.25) is 0 Å². The minimum absolute atomic E-state index is 0.827. The van der Waals surface area contributed by atoms with Gasteiger partial charge in [-0.25, -0.2) is 0 Å². The second-order valence-corrected chi connectivity index (χ2v) is 5.59. The first-order chi connectivity index (χ1) is 10.3. The van der Waals surface area contributed by atoms with E-state index in [1.807, 2.05) is 13.8 Å². The Morgan fingerprint density at radius 2 is 1.71 bits per heavy atom. The van der Waals surface area contributed by atoms with Gasteiger partial charge in [0.25, 0.3) is 0 Å². The largest absolute Gasteiger partial charge is 0.380 e. The van der Waals surface area contributed by atoms with Gasteiger partial charge in [-0.15, -0.1) is 0 Å². The van der Waals surface area contributed by atoms with Crippen molar-refractivity contribution < 1.29 is 4.74 Å². The smallest absolute Gasteiger partial charge is 0.0593 e. The van der Waals surface area contributed by atoms with Crippen molar-refractivity contribution in [3.8, 4) is 0 Å². The predicted molar refractivity (Wildman–Crippen MR) is 93.0 cm³/mol. The highest BCUT2D eigenvalue weighted by Gasteiger charge is 2.15. The Morgan fingerprint density at radius 1 is 1.05 bits per heavy atom. The predicted octanol–water partition coefficient (Wildman–Crippen LogP) is 2.30. The normalized spacial score (nSPS) is 16.1. The minimum atomic E-state index is 0.827. The molecule has 128 valence electrons. The fourth-order valence-electron chi connectivity index (χ4n) is 2.67. The summed E-state index contributed by atoms with van der Waals surface area (Å²) in [6, 6.07) is 0. The van der Waals surface area contributed by atoms with E-state index in [4.69, 9.17) is 4.74 Å². The van der Waals surface area contributed by atoms with Crippen molar-refractivity contribution in [2.24, 2.45) is 5.92 Å². The lowest BCUT2D eigenvalue weighted by Crippen LogP contribution is -2.39. The first-order valence-corrected chi connectivity index (χ1v) is 8.95. The zero-order chi connectivity index (χ0) is 15.9. The summed E-state index contributed by atoms with van der Waals surface area (Å²) in [6.45, 7) is 18.2. The average molecular weight is 302 g/mol. The van der Waals surface area contributed by atoms with E-state index in [1.165, 1.54) is 39.0 Å². The van der Waals surface area contributed by atoms with Crippen molar-refractivity contribution in [1.82, 2.24) is 15.1 Å². The molecule has 21 heavy (non-hydrogen) atoms. The van der Waals surface area contributed by atoms with Crippen molar-refractivity contribution in [2.75, 3.05) is 66.1 Å². The Hall–Kier alpha value is -0.160. The molecule has 4 heteroatoms. The van der Waals surface area contributed by atoms with Crippen molar-refractivity contribution >= 4 is 0 Å². The van der Waals surface area contributed by atoms with Gasteiger partial charge in [0.2, 0.25) is 0 Å². The summed E-state index contributed by atoms with van der Waals surface area (Å²) in [4.78, 5) is 4.98. The van der Waals surface area contributed by atoms with Crippen LogP contribution in [0.4, 0.5) is 0 Å². The van der Waals surface area contributed by atoms with E-state index in [1.54, 1.807) is 0 Å². The van der Waals surface area contributed by atoms with Crippen molar-refractivity contribution in [2.45, 2.75) is 40.5 Å². The van der Waals surface area contributed by atoms with E-state index in [0.29, 0.717) is 0 Å². The van der Waals surface area contributed by atoms with Crippen LogP contribution in [0.2, 0.25) is 0 Å². The number of nitrogens with zero attached hydrogens (tertiary/aromatic N) is 2. The van der Waals surface area contributed by atoms with Crippen LogP contribution < -0.4 is 5.32 Å². The van der Waals surface area contributed by atoms with Gasteiger partial charge in [-0.2, -0.15) is 0 Å². The average Bonchev–Trinajstić information content (AvgIpc) is 2.53. The molecule has 0 aromatic rings. The number of ether oxygens (including phenoxy) is 1. The van der Waals surface area contributed by atoms with Crippen LogP contribution in [0.15, 0.2) is 0 Å². The third kappa shape index (κ3) is 11.1. The molecule has 1 heterocycles. The number of likely N-dealkylation sites (N-methyl/N-ethyl adjacent to an activating group) is 2. The maximum Gasteiger partial charge on any atom is 0.0593 e. The third-order valence-electron chi connectivity index (χ3n) is 4.03. The molecule has 0 spiro atoms. The van der Waals surface area contributed by atoms with E-state index in [2.05, 4.69) is 36.0 Å². The second kappa shape index (κ2) is 14.8. The number of hydrogen-bond acceptors (Lipinski definition) is 4. The molecule has 0 bridgehead atoms. The summed E-state index contributed by atoms with van der Waals surface area (Å²) < 4.78 is 5.43. The van der Waals surface area contributed by atoms with Crippen LogP contribution in [-0.2, 0) is 4.74 Å². The SMILES string of the molecule is CC.CCOCCN(CC)CCN(C)CC1CCNCC1. The Bertz CT molecular complexity index is 208. The molecule has 0 unspecified atom stereocenters. The van der Waals surface area contributed by atoms with E-state index < -0.39 is 0 Å². The van der Waals surface area contributed by atoms with Gasteiger partial charge in [0, 0.05) is 32.8 Å². The third-order valence-corrected chi connectivity index (χ3v) is 4.03. The van der Waals surface area contributed by atoms with Gasteiger partial charge in [-0.05, 0) is 52.4 Å². The van der Waals surface area contributed by atoms with Crippen molar-refractivity contribution in [3.05, 3.63) is 0 Å². The quantitative estimate of drug-likeness (QED) is 0.627. The molecule has 0 aromatic carbocycles. The van der Waals surface area contributed by atoms with Crippen LogP contribution in [0.5, 0.6) is 0 Å². The summed E-state index contributed by atoms with van der Waals surface area (Å²) in [5, 5.41) is 3.44. The van der Waals surface area contributed by atoms with Gasteiger partial charge in [-0.1, -0.05) is 20.8 Å². The van der Waals surface area contributed by atoms with Crippen LogP contribution in [0, 0.1) is 5.92 Å². The summed E-state index contributed by atoms with van der Waals surface area (Å²) in [5.74, 6) is 0.893. The molecule has 0 saturated carbocycles. The van der Waals surface area contributed by atoms with Gasteiger partial charge in [0.1, 0.15) is 0 Å². The molecule has 0 amide bonds. The first kappa shape index (κ1) is 20.8. The Balaban J connectivity index is 0.00000191. The molecule has 1 fully saturated rings. The molecule has 0 atom stereocenters. The summed E-state index contributed by atoms with van der Waals surface area (Å²) >= 11 is 0. The second-order valence-electron chi connectivity index (χ2n) is 5.59. The van der Waals surface area contributed by atoms with Gasteiger partial charge < -0.3 is 19.9 Å². The summed E-state index contributed by atoms with van der Waals surface area (Å²) in [6.07, 6.45) is 2.68. The van der Waals surface area contributed by atoms with Crippen LogP contribution in [-0.4, -0.2) is 75.9 Å². The molecule has 1 aliphatic heterocycles. The fourth-order valence-corrected chi connectivity index (χ4v) is 2.67. The summed E-state index contributed by atoms with van der Waals surface area (Å²) in [7, 11) is 2.26. The lowest BCUT2D eigenvalue weighted by atomic mass is 9.98. The van der Waals surface area contributed by atoms with Gasteiger partial charge in [0.15, 0.2) is 0 Å². The fraction of sp³-hybridized carbons (Fsp3) is 1.00. The molecule has 1 aliphatic rings. The number of hydrogen-bond donors (Lipinski definition) is 1. The molecule has 0 radical (unpaired) electrons. The monoisotopic (exact) mass is 301 g/mol.